The smallest absolute Gasteiger partial charge is 0.295 e. The van der Waals surface area contributed by atoms with Gasteiger partial charge in [0.2, 0.25) is 0 Å². The van der Waals surface area contributed by atoms with Crippen LogP contribution in [0.2, 0.25) is 0 Å². The third-order valence-electron chi connectivity index (χ3n) is 5.36. The molecule has 4 aromatic rings. The van der Waals surface area contributed by atoms with E-state index in [1.165, 1.54) is 6.21 Å². The lowest BCUT2D eigenvalue weighted by atomic mass is 10.2. The Hall–Kier alpha value is -4.89. The third kappa shape index (κ3) is 9.07. The van der Waals surface area contributed by atoms with Gasteiger partial charge in [0.1, 0.15) is 11.5 Å². The summed E-state index contributed by atoms with van der Waals surface area (Å²) in [5, 5.41) is 11.6. The first-order chi connectivity index (χ1) is 20.1. The fourth-order valence-corrected chi connectivity index (χ4v) is 4.62. The molecule has 0 aromatic heterocycles. The SMILES string of the molecule is O=S(=O)(O)c1ccc(/C=N/Oc2cccc(/C=N/Oc3ccc(/C=N/OCc4ccccc4)cc3)c2)c(S(=O)(=O)O)c1. The molecule has 0 saturated heterocycles. The molecule has 0 bridgehead atoms. The minimum atomic E-state index is -4.83. The second-order valence-electron chi connectivity index (χ2n) is 8.44. The lowest BCUT2D eigenvalue weighted by Gasteiger charge is -2.05. The zero-order valence-electron chi connectivity index (χ0n) is 21.6. The molecule has 4 rings (SSSR count). The molecule has 0 aliphatic carbocycles. The third-order valence-corrected chi connectivity index (χ3v) is 7.12. The van der Waals surface area contributed by atoms with Crippen molar-refractivity contribution in [1.29, 1.82) is 0 Å². The fourth-order valence-electron chi connectivity index (χ4n) is 3.35. The minimum Gasteiger partial charge on any atom is -0.391 e. The number of rotatable bonds is 12. The van der Waals surface area contributed by atoms with Gasteiger partial charge in [0.05, 0.1) is 23.5 Å². The molecule has 0 fully saturated rings. The van der Waals surface area contributed by atoms with Gasteiger partial charge in [0, 0.05) is 5.56 Å². The molecule has 216 valence electrons. The summed E-state index contributed by atoms with van der Waals surface area (Å²) in [5.41, 5.74) is 2.25. The van der Waals surface area contributed by atoms with E-state index in [1.54, 1.807) is 54.7 Å². The van der Waals surface area contributed by atoms with Crippen LogP contribution >= 0.6 is 0 Å². The van der Waals surface area contributed by atoms with Crippen LogP contribution in [-0.4, -0.2) is 44.6 Å². The van der Waals surface area contributed by atoms with Gasteiger partial charge in [-0.2, -0.15) is 16.8 Å². The van der Waals surface area contributed by atoms with E-state index < -0.39 is 30.0 Å². The zero-order chi connectivity index (χ0) is 30.0. The van der Waals surface area contributed by atoms with Gasteiger partial charge < -0.3 is 14.5 Å². The van der Waals surface area contributed by atoms with Crippen LogP contribution in [0.3, 0.4) is 0 Å². The van der Waals surface area contributed by atoms with Crippen LogP contribution in [0.15, 0.2) is 122 Å². The van der Waals surface area contributed by atoms with Crippen LogP contribution in [0.25, 0.3) is 0 Å². The predicted octanol–water partition coefficient (Wildman–Crippen LogP) is 4.56. The van der Waals surface area contributed by atoms with E-state index in [2.05, 4.69) is 15.5 Å². The molecular formula is C28H23N3O9S2. The summed E-state index contributed by atoms with van der Waals surface area (Å²) >= 11 is 0. The average Bonchev–Trinajstić information content (AvgIpc) is 2.96. The van der Waals surface area contributed by atoms with Gasteiger partial charge in [-0.05, 0) is 65.2 Å². The Morgan fingerprint density at radius 3 is 2.02 bits per heavy atom. The maximum Gasteiger partial charge on any atom is 0.295 e. The largest absolute Gasteiger partial charge is 0.391 e. The van der Waals surface area contributed by atoms with Gasteiger partial charge in [0.25, 0.3) is 20.2 Å². The molecule has 0 unspecified atom stereocenters. The van der Waals surface area contributed by atoms with Gasteiger partial charge in [-0.1, -0.05) is 64.0 Å². The van der Waals surface area contributed by atoms with Crippen molar-refractivity contribution in [1.82, 2.24) is 0 Å². The second kappa shape index (κ2) is 13.6. The van der Waals surface area contributed by atoms with Gasteiger partial charge in [-0.15, -0.1) is 0 Å². The molecule has 12 nitrogen and oxygen atoms in total. The molecule has 0 aliphatic rings. The maximum atomic E-state index is 11.7. The van der Waals surface area contributed by atoms with Crippen LogP contribution in [0.4, 0.5) is 0 Å². The maximum absolute atomic E-state index is 11.7. The van der Waals surface area contributed by atoms with Crippen LogP contribution in [0.1, 0.15) is 22.3 Å². The van der Waals surface area contributed by atoms with Crippen molar-refractivity contribution in [3.63, 3.8) is 0 Å². The molecule has 14 heteroatoms. The number of nitrogens with zero attached hydrogens (tertiary/aromatic N) is 3. The summed E-state index contributed by atoms with van der Waals surface area (Å²) < 4.78 is 64.5. The molecule has 0 amide bonds. The topological polar surface area (TPSA) is 174 Å². The molecule has 0 radical (unpaired) electrons. The zero-order valence-corrected chi connectivity index (χ0v) is 23.2. The average molecular weight is 610 g/mol. The van der Waals surface area contributed by atoms with Crippen LogP contribution < -0.4 is 9.68 Å². The lowest BCUT2D eigenvalue weighted by Crippen LogP contribution is -2.07. The monoisotopic (exact) mass is 609 g/mol. The Morgan fingerprint density at radius 1 is 0.619 bits per heavy atom. The second-order valence-corrected chi connectivity index (χ2v) is 11.2. The molecule has 0 heterocycles. The van der Waals surface area contributed by atoms with Gasteiger partial charge in [-0.25, -0.2) is 0 Å². The first-order valence-corrected chi connectivity index (χ1v) is 14.9. The Labute approximate surface area is 241 Å². The van der Waals surface area contributed by atoms with Crippen molar-refractivity contribution in [2.75, 3.05) is 0 Å². The lowest BCUT2D eigenvalue weighted by molar-refractivity contribution is 0.132. The fraction of sp³-hybridized carbons (Fsp3) is 0.0357. The molecular weight excluding hydrogens is 586 g/mol. The molecule has 2 N–H and O–H groups in total. The van der Waals surface area contributed by atoms with E-state index in [0.29, 0.717) is 24.0 Å². The number of oxime groups is 3. The highest BCUT2D eigenvalue weighted by molar-refractivity contribution is 7.86. The Morgan fingerprint density at radius 2 is 1.31 bits per heavy atom. The number of hydrogen-bond acceptors (Lipinski definition) is 10. The Bertz CT molecular complexity index is 1820. The van der Waals surface area contributed by atoms with Crippen LogP contribution in [0, 0.1) is 0 Å². The van der Waals surface area contributed by atoms with Crippen LogP contribution in [-0.2, 0) is 31.7 Å². The quantitative estimate of drug-likeness (QED) is 0.133. The van der Waals surface area contributed by atoms with E-state index in [-0.39, 0.29) is 11.3 Å². The summed E-state index contributed by atoms with van der Waals surface area (Å²) in [6.07, 6.45) is 3.99. The van der Waals surface area contributed by atoms with Crippen molar-refractivity contribution >= 4 is 38.9 Å². The highest BCUT2D eigenvalue weighted by atomic mass is 32.2. The summed E-state index contributed by atoms with van der Waals surface area (Å²) in [6.45, 7) is 0.369. The van der Waals surface area contributed by atoms with Crippen molar-refractivity contribution in [3.8, 4) is 11.5 Å². The number of hydrogen-bond donors (Lipinski definition) is 2. The van der Waals surface area contributed by atoms with Crippen molar-refractivity contribution in [2.45, 2.75) is 16.4 Å². The van der Waals surface area contributed by atoms with E-state index in [1.807, 2.05) is 30.3 Å². The van der Waals surface area contributed by atoms with E-state index in [9.17, 15) is 21.4 Å². The predicted molar refractivity (Wildman–Crippen MR) is 154 cm³/mol. The van der Waals surface area contributed by atoms with Crippen molar-refractivity contribution < 1.29 is 40.5 Å². The summed E-state index contributed by atoms with van der Waals surface area (Å²) in [4.78, 5) is 14.4. The molecule has 42 heavy (non-hydrogen) atoms. The molecule has 0 spiro atoms. The molecule has 4 aromatic carbocycles. The number of benzene rings is 4. The van der Waals surface area contributed by atoms with E-state index in [0.717, 1.165) is 29.5 Å². The minimum absolute atomic E-state index is 0.173. The molecule has 0 saturated carbocycles. The van der Waals surface area contributed by atoms with E-state index in [4.69, 9.17) is 19.1 Å². The summed E-state index contributed by atoms with van der Waals surface area (Å²) in [5.74, 6) is 0.747. The Kier molecular flexibility index (Phi) is 9.77. The van der Waals surface area contributed by atoms with Crippen LogP contribution in [0.5, 0.6) is 11.5 Å². The highest BCUT2D eigenvalue weighted by Gasteiger charge is 2.19. The first kappa shape index (κ1) is 30.1. The Balaban J connectivity index is 1.32. The van der Waals surface area contributed by atoms with Crippen molar-refractivity contribution in [3.05, 3.63) is 119 Å². The highest BCUT2D eigenvalue weighted by Crippen LogP contribution is 2.20. The standard InChI is InChI=1S/C28H23N3O9S2/c32-41(33,34)27-14-11-24(28(16-27)42(35,36)37)19-31-40-26-8-4-7-23(15-26)18-30-39-25-12-9-21(10-13-25)17-29-38-20-22-5-2-1-3-6-22/h1-19H,20H2,(H,32,33,34)(H,35,36,37)/b29-17+,30-18+,31-19+. The molecule has 0 atom stereocenters. The first-order valence-electron chi connectivity index (χ1n) is 12.0. The van der Waals surface area contributed by atoms with Crippen molar-refractivity contribution in [2.24, 2.45) is 15.5 Å². The van der Waals surface area contributed by atoms with Gasteiger partial charge >= 0.3 is 0 Å². The summed E-state index contributed by atoms with van der Waals surface area (Å²) in [6, 6.07) is 25.8. The van der Waals surface area contributed by atoms with Gasteiger partial charge in [-0.3, -0.25) is 9.11 Å². The van der Waals surface area contributed by atoms with E-state index >= 15 is 0 Å². The van der Waals surface area contributed by atoms with Gasteiger partial charge in [0.15, 0.2) is 11.5 Å². The summed E-state index contributed by atoms with van der Waals surface area (Å²) in [7, 11) is -9.53. The normalized spacial score (nSPS) is 12.2. The molecule has 0 aliphatic heterocycles.